The minimum atomic E-state index is -0.267. The van der Waals surface area contributed by atoms with Crippen LogP contribution in [-0.4, -0.2) is 29.8 Å². The molecule has 0 atom stereocenters. The van der Waals surface area contributed by atoms with E-state index in [4.69, 9.17) is 9.98 Å². The van der Waals surface area contributed by atoms with Crippen molar-refractivity contribution in [1.82, 2.24) is 4.90 Å². The number of anilines is 1. The molecule has 0 aromatic heterocycles. The molecule has 1 saturated heterocycles. The number of nitrogens with zero attached hydrogens (tertiary/aromatic N) is 3. The lowest BCUT2D eigenvalue weighted by molar-refractivity contribution is 0.514. The number of para-hydroxylation sites is 1. The maximum atomic E-state index is 13.3. The molecular weight excluding hydrogens is 363 g/mol. The summed E-state index contributed by atoms with van der Waals surface area (Å²) in [5.41, 5.74) is 2.58. The molecule has 3 aromatic rings. The third-order valence-corrected chi connectivity index (χ3v) is 4.74. The van der Waals surface area contributed by atoms with Crippen LogP contribution in [0.1, 0.15) is 18.4 Å². The predicted octanol–water partition coefficient (Wildman–Crippen LogP) is 5.47. The quantitative estimate of drug-likeness (QED) is 0.479. The fourth-order valence-corrected chi connectivity index (χ4v) is 3.23. The molecule has 1 N–H and O–H groups in total. The van der Waals surface area contributed by atoms with Gasteiger partial charge >= 0.3 is 0 Å². The van der Waals surface area contributed by atoms with Gasteiger partial charge in [-0.05, 0) is 49.2 Å². The van der Waals surface area contributed by atoms with Gasteiger partial charge in [-0.15, -0.1) is 0 Å². The van der Waals surface area contributed by atoms with Crippen molar-refractivity contribution in [2.24, 2.45) is 9.98 Å². The van der Waals surface area contributed by atoms with Gasteiger partial charge in [-0.3, -0.25) is 0 Å². The van der Waals surface area contributed by atoms with Crippen molar-refractivity contribution < 1.29 is 4.39 Å². The average molecular weight is 386 g/mol. The molecule has 5 heteroatoms. The maximum absolute atomic E-state index is 13.3. The molecule has 0 bridgehead atoms. The van der Waals surface area contributed by atoms with Crippen LogP contribution in [0.3, 0.4) is 0 Å². The van der Waals surface area contributed by atoms with E-state index in [0.717, 1.165) is 42.9 Å². The number of aliphatic imine (C=N–C) groups is 2. The molecule has 1 fully saturated rings. The largest absolute Gasteiger partial charge is 0.341 e. The van der Waals surface area contributed by atoms with E-state index in [2.05, 4.69) is 10.2 Å². The Labute approximate surface area is 170 Å². The van der Waals surface area contributed by atoms with Gasteiger partial charge in [0, 0.05) is 24.3 Å². The van der Waals surface area contributed by atoms with Crippen LogP contribution in [-0.2, 0) is 0 Å². The van der Waals surface area contributed by atoms with E-state index in [9.17, 15) is 4.39 Å². The first-order valence-electron chi connectivity index (χ1n) is 9.83. The van der Waals surface area contributed by atoms with Crippen molar-refractivity contribution in [2.45, 2.75) is 12.8 Å². The lowest BCUT2D eigenvalue weighted by atomic mass is 10.2. The molecule has 146 valence electrons. The lowest BCUT2D eigenvalue weighted by Crippen LogP contribution is -2.28. The second kappa shape index (κ2) is 9.15. The molecule has 1 heterocycles. The van der Waals surface area contributed by atoms with Gasteiger partial charge in [-0.2, -0.15) is 4.99 Å². The number of rotatable bonds is 3. The molecule has 0 radical (unpaired) electrons. The van der Waals surface area contributed by atoms with Gasteiger partial charge in [0.25, 0.3) is 0 Å². The number of likely N-dealkylation sites (tertiary alicyclic amines) is 1. The SMILES string of the molecule is Fc1ccc(N/C(=N/C(=N/c2ccccc2)N2CCCC2)c2ccccc2)cc1. The van der Waals surface area contributed by atoms with Crippen molar-refractivity contribution >= 4 is 23.2 Å². The number of amidine groups is 1. The van der Waals surface area contributed by atoms with Crippen molar-refractivity contribution in [3.8, 4) is 0 Å². The molecule has 0 unspecified atom stereocenters. The highest BCUT2D eigenvalue weighted by Gasteiger charge is 2.17. The van der Waals surface area contributed by atoms with Crippen molar-refractivity contribution in [3.05, 3.63) is 96.3 Å². The highest BCUT2D eigenvalue weighted by molar-refractivity contribution is 6.13. The van der Waals surface area contributed by atoms with E-state index in [1.807, 2.05) is 60.7 Å². The minimum absolute atomic E-state index is 0.267. The first-order chi connectivity index (χ1) is 14.3. The summed E-state index contributed by atoms with van der Waals surface area (Å²) in [6.45, 7) is 1.88. The fourth-order valence-electron chi connectivity index (χ4n) is 3.23. The molecule has 4 rings (SSSR count). The number of hydrogen-bond acceptors (Lipinski definition) is 1. The van der Waals surface area contributed by atoms with E-state index in [1.165, 1.54) is 12.1 Å². The Bertz CT molecular complexity index is 976. The fraction of sp³-hybridized carbons (Fsp3) is 0.167. The van der Waals surface area contributed by atoms with Crippen LogP contribution < -0.4 is 5.32 Å². The second-order valence-electron chi connectivity index (χ2n) is 6.90. The molecule has 1 aliphatic heterocycles. The number of nitrogens with one attached hydrogen (secondary N) is 1. The summed E-state index contributed by atoms with van der Waals surface area (Å²) in [5, 5.41) is 3.34. The van der Waals surface area contributed by atoms with Gasteiger partial charge in [0.15, 0.2) is 0 Å². The maximum Gasteiger partial charge on any atom is 0.227 e. The van der Waals surface area contributed by atoms with Gasteiger partial charge in [0.05, 0.1) is 5.69 Å². The van der Waals surface area contributed by atoms with Crippen LogP contribution in [0, 0.1) is 5.82 Å². The van der Waals surface area contributed by atoms with Crippen LogP contribution in [0.5, 0.6) is 0 Å². The Balaban J connectivity index is 1.74. The topological polar surface area (TPSA) is 40.0 Å². The van der Waals surface area contributed by atoms with Crippen LogP contribution in [0.4, 0.5) is 15.8 Å². The Morgan fingerprint density at radius 1 is 0.793 bits per heavy atom. The first kappa shape index (κ1) is 18.9. The van der Waals surface area contributed by atoms with Crippen LogP contribution in [0.2, 0.25) is 0 Å². The third-order valence-electron chi connectivity index (χ3n) is 4.74. The Kier molecular flexibility index (Phi) is 5.95. The normalized spacial score (nSPS) is 14.9. The molecule has 3 aromatic carbocycles. The minimum Gasteiger partial charge on any atom is -0.341 e. The molecule has 29 heavy (non-hydrogen) atoms. The van der Waals surface area contributed by atoms with E-state index < -0.39 is 0 Å². The van der Waals surface area contributed by atoms with E-state index >= 15 is 0 Å². The summed E-state index contributed by atoms with van der Waals surface area (Å²) < 4.78 is 13.3. The Morgan fingerprint density at radius 2 is 1.41 bits per heavy atom. The summed E-state index contributed by atoms with van der Waals surface area (Å²) in [6.07, 6.45) is 2.27. The molecule has 0 aliphatic carbocycles. The van der Waals surface area contributed by atoms with Crippen molar-refractivity contribution in [2.75, 3.05) is 18.4 Å². The molecule has 0 amide bonds. The zero-order chi connectivity index (χ0) is 19.9. The van der Waals surface area contributed by atoms with Crippen LogP contribution >= 0.6 is 0 Å². The number of hydrogen-bond donors (Lipinski definition) is 1. The molecule has 0 saturated carbocycles. The van der Waals surface area contributed by atoms with Crippen LogP contribution in [0.15, 0.2) is 94.9 Å². The van der Waals surface area contributed by atoms with Gasteiger partial charge in [0.1, 0.15) is 11.7 Å². The van der Waals surface area contributed by atoms with Crippen molar-refractivity contribution in [1.29, 1.82) is 0 Å². The number of halogens is 1. The summed E-state index contributed by atoms with van der Waals surface area (Å²) in [7, 11) is 0. The summed E-state index contributed by atoms with van der Waals surface area (Å²) in [6, 6.07) is 26.1. The first-order valence-corrected chi connectivity index (χ1v) is 9.83. The molecule has 1 aliphatic rings. The molecular formula is C24H23FN4. The third kappa shape index (κ3) is 5.08. The molecule has 0 spiro atoms. The van der Waals surface area contributed by atoms with E-state index in [1.54, 1.807) is 12.1 Å². The van der Waals surface area contributed by atoms with E-state index in [0.29, 0.717) is 11.8 Å². The van der Waals surface area contributed by atoms with Gasteiger partial charge in [-0.25, -0.2) is 9.38 Å². The second-order valence-corrected chi connectivity index (χ2v) is 6.90. The summed E-state index contributed by atoms with van der Waals surface area (Å²) >= 11 is 0. The Morgan fingerprint density at radius 3 is 2.07 bits per heavy atom. The standard InChI is InChI=1S/C24H23FN4/c25-20-13-15-22(16-14-20)26-23(19-9-3-1-4-10-19)28-24(29-17-7-8-18-29)27-21-11-5-2-6-12-21/h1-6,9-16H,7-8,17-18H2,(H,26,27,28). The zero-order valence-electron chi connectivity index (χ0n) is 16.1. The summed E-state index contributed by atoms with van der Waals surface area (Å²) in [4.78, 5) is 12.0. The van der Waals surface area contributed by atoms with Gasteiger partial charge in [0.2, 0.25) is 5.96 Å². The zero-order valence-corrected chi connectivity index (χ0v) is 16.1. The lowest BCUT2D eigenvalue weighted by Gasteiger charge is -2.18. The molecule has 4 nitrogen and oxygen atoms in total. The average Bonchev–Trinajstić information content (AvgIpc) is 3.30. The van der Waals surface area contributed by atoms with Crippen LogP contribution in [0.25, 0.3) is 0 Å². The van der Waals surface area contributed by atoms with Crippen molar-refractivity contribution in [3.63, 3.8) is 0 Å². The summed E-state index contributed by atoms with van der Waals surface area (Å²) in [5.74, 6) is 1.10. The smallest absolute Gasteiger partial charge is 0.227 e. The number of guanidine groups is 1. The Hall–Kier alpha value is -3.47. The highest BCUT2D eigenvalue weighted by atomic mass is 19.1. The number of benzene rings is 3. The van der Waals surface area contributed by atoms with E-state index in [-0.39, 0.29) is 5.82 Å². The highest BCUT2D eigenvalue weighted by Crippen LogP contribution is 2.17. The predicted molar refractivity (Wildman–Crippen MR) is 117 cm³/mol. The van der Waals surface area contributed by atoms with Gasteiger partial charge < -0.3 is 10.2 Å². The van der Waals surface area contributed by atoms with Gasteiger partial charge in [-0.1, -0.05) is 48.5 Å². The monoisotopic (exact) mass is 386 g/mol.